The molecule has 0 saturated carbocycles. The lowest BCUT2D eigenvalue weighted by molar-refractivity contribution is -0.114. The molecule has 0 radical (unpaired) electrons. The lowest BCUT2D eigenvalue weighted by Gasteiger charge is -2.22. The molecular formula is C21H23N5O2. The van der Waals surface area contributed by atoms with Gasteiger partial charge in [-0.1, -0.05) is 0 Å². The highest BCUT2D eigenvalue weighted by molar-refractivity contribution is 5.87. The number of carbonyl (C=O) groups is 1. The third kappa shape index (κ3) is 3.19. The van der Waals surface area contributed by atoms with Gasteiger partial charge in [-0.2, -0.15) is 5.10 Å². The van der Waals surface area contributed by atoms with E-state index in [2.05, 4.69) is 28.3 Å². The van der Waals surface area contributed by atoms with Crippen LogP contribution in [-0.4, -0.2) is 34.3 Å². The highest BCUT2D eigenvalue weighted by Gasteiger charge is 2.27. The summed E-state index contributed by atoms with van der Waals surface area (Å²) in [7, 11) is 1.68. The van der Waals surface area contributed by atoms with Crippen LogP contribution in [0.15, 0.2) is 36.5 Å². The van der Waals surface area contributed by atoms with E-state index in [1.54, 1.807) is 13.2 Å². The molecule has 3 aromatic rings. The summed E-state index contributed by atoms with van der Waals surface area (Å²) in [4.78, 5) is 18.4. The van der Waals surface area contributed by atoms with Gasteiger partial charge in [0, 0.05) is 42.7 Å². The van der Waals surface area contributed by atoms with Crippen LogP contribution >= 0.6 is 0 Å². The van der Waals surface area contributed by atoms with Gasteiger partial charge in [-0.15, -0.1) is 0 Å². The van der Waals surface area contributed by atoms with Crippen LogP contribution in [-0.2, 0) is 11.2 Å². The first-order valence-electron chi connectivity index (χ1n) is 9.22. The topological polar surface area (TPSA) is 72.3 Å². The molecule has 0 bridgehead atoms. The van der Waals surface area contributed by atoms with Gasteiger partial charge in [0.25, 0.3) is 0 Å². The number of hydrogen-bond donors (Lipinski definition) is 1. The Morgan fingerprint density at radius 1 is 1.18 bits per heavy atom. The van der Waals surface area contributed by atoms with Crippen molar-refractivity contribution in [1.82, 2.24) is 14.8 Å². The van der Waals surface area contributed by atoms with Gasteiger partial charge in [0.2, 0.25) is 5.91 Å². The third-order valence-corrected chi connectivity index (χ3v) is 4.88. The molecule has 0 saturated heterocycles. The lowest BCUT2D eigenvalue weighted by Crippen LogP contribution is -2.16. The van der Waals surface area contributed by atoms with Crippen LogP contribution in [0, 0.1) is 13.8 Å². The molecule has 4 rings (SSSR count). The number of hydrogen-bond acceptors (Lipinski definition) is 5. The SMILES string of the molecule is COc1ccc(N2CCc3c(-n4ccc(NC(C)=O)n4)cc(C)nc32)c(C)c1. The number of nitrogens with zero attached hydrogens (tertiary/aromatic N) is 4. The number of amides is 1. The summed E-state index contributed by atoms with van der Waals surface area (Å²) in [6.07, 6.45) is 2.74. The van der Waals surface area contributed by atoms with Gasteiger partial charge in [0.15, 0.2) is 5.82 Å². The third-order valence-electron chi connectivity index (χ3n) is 4.88. The second-order valence-electron chi connectivity index (χ2n) is 6.97. The molecule has 0 atom stereocenters. The van der Waals surface area contributed by atoms with E-state index in [0.717, 1.165) is 52.7 Å². The average molecular weight is 377 g/mol. The van der Waals surface area contributed by atoms with Crippen molar-refractivity contribution >= 4 is 23.2 Å². The number of pyridine rings is 1. The van der Waals surface area contributed by atoms with Crippen molar-refractivity contribution < 1.29 is 9.53 Å². The van der Waals surface area contributed by atoms with Gasteiger partial charge in [0.05, 0.1) is 12.8 Å². The molecule has 144 valence electrons. The van der Waals surface area contributed by atoms with Crippen molar-refractivity contribution in [3.8, 4) is 11.4 Å². The normalized spacial score (nSPS) is 12.8. The molecular weight excluding hydrogens is 354 g/mol. The van der Waals surface area contributed by atoms with E-state index in [-0.39, 0.29) is 5.91 Å². The van der Waals surface area contributed by atoms with E-state index >= 15 is 0 Å². The van der Waals surface area contributed by atoms with E-state index in [1.165, 1.54) is 6.92 Å². The molecule has 1 N–H and O–H groups in total. The number of aromatic nitrogens is 3. The number of methoxy groups -OCH3 is 1. The molecule has 0 aliphatic carbocycles. The van der Waals surface area contributed by atoms with Gasteiger partial charge < -0.3 is 15.0 Å². The summed E-state index contributed by atoms with van der Waals surface area (Å²) in [5.41, 5.74) is 5.33. The number of carbonyl (C=O) groups excluding carboxylic acids is 1. The van der Waals surface area contributed by atoms with Crippen molar-refractivity contribution in [3.05, 3.63) is 53.3 Å². The molecule has 1 aliphatic rings. The Bertz CT molecular complexity index is 1060. The number of benzene rings is 1. The van der Waals surface area contributed by atoms with Crippen molar-refractivity contribution in [3.63, 3.8) is 0 Å². The minimum atomic E-state index is -0.137. The highest BCUT2D eigenvalue weighted by Crippen LogP contribution is 2.38. The summed E-state index contributed by atoms with van der Waals surface area (Å²) < 4.78 is 7.14. The maximum Gasteiger partial charge on any atom is 0.222 e. The van der Waals surface area contributed by atoms with Gasteiger partial charge >= 0.3 is 0 Å². The minimum absolute atomic E-state index is 0.137. The smallest absolute Gasteiger partial charge is 0.222 e. The average Bonchev–Trinajstić information content (AvgIpc) is 3.27. The van der Waals surface area contributed by atoms with E-state index in [9.17, 15) is 4.79 Å². The molecule has 1 amide bonds. The van der Waals surface area contributed by atoms with Gasteiger partial charge in [-0.25, -0.2) is 9.67 Å². The Labute approximate surface area is 164 Å². The van der Waals surface area contributed by atoms with Gasteiger partial charge in [-0.05, 0) is 50.1 Å². The van der Waals surface area contributed by atoms with Crippen LogP contribution in [0.3, 0.4) is 0 Å². The molecule has 2 aromatic heterocycles. The summed E-state index contributed by atoms with van der Waals surface area (Å²) in [6.45, 7) is 6.40. The monoisotopic (exact) mass is 377 g/mol. The number of ether oxygens (including phenoxy) is 1. The first-order chi connectivity index (χ1) is 13.5. The van der Waals surface area contributed by atoms with Crippen LogP contribution in [0.25, 0.3) is 5.69 Å². The van der Waals surface area contributed by atoms with E-state index in [1.807, 2.05) is 36.0 Å². The zero-order valence-electron chi connectivity index (χ0n) is 16.5. The Morgan fingerprint density at radius 3 is 2.71 bits per heavy atom. The minimum Gasteiger partial charge on any atom is -0.497 e. The van der Waals surface area contributed by atoms with E-state index < -0.39 is 0 Å². The van der Waals surface area contributed by atoms with Crippen LogP contribution in [0.2, 0.25) is 0 Å². The highest BCUT2D eigenvalue weighted by atomic mass is 16.5. The number of anilines is 3. The van der Waals surface area contributed by atoms with Gasteiger partial charge in [0.1, 0.15) is 11.6 Å². The number of nitrogens with one attached hydrogen (secondary N) is 1. The first-order valence-corrected chi connectivity index (χ1v) is 9.22. The number of rotatable bonds is 4. The second kappa shape index (κ2) is 6.99. The fourth-order valence-electron chi connectivity index (χ4n) is 3.66. The number of fused-ring (bicyclic) bond motifs is 1. The molecule has 7 heteroatoms. The maximum atomic E-state index is 11.3. The fourth-order valence-corrected chi connectivity index (χ4v) is 3.66. The zero-order valence-corrected chi connectivity index (χ0v) is 16.5. The fraction of sp³-hybridized carbons (Fsp3) is 0.286. The zero-order chi connectivity index (χ0) is 19.8. The molecule has 28 heavy (non-hydrogen) atoms. The molecule has 3 heterocycles. The Morgan fingerprint density at radius 2 is 2.00 bits per heavy atom. The molecule has 1 aliphatic heterocycles. The van der Waals surface area contributed by atoms with Crippen LogP contribution < -0.4 is 15.0 Å². The van der Waals surface area contributed by atoms with E-state index in [4.69, 9.17) is 9.72 Å². The van der Waals surface area contributed by atoms with Crippen molar-refractivity contribution in [1.29, 1.82) is 0 Å². The molecule has 1 aromatic carbocycles. The van der Waals surface area contributed by atoms with Crippen molar-refractivity contribution in [2.75, 3.05) is 23.9 Å². The maximum absolute atomic E-state index is 11.3. The molecule has 0 unspecified atom stereocenters. The largest absolute Gasteiger partial charge is 0.497 e. The summed E-state index contributed by atoms with van der Waals surface area (Å²) in [6, 6.07) is 9.93. The van der Waals surface area contributed by atoms with Crippen molar-refractivity contribution in [2.45, 2.75) is 27.2 Å². The Balaban J connectivity index is 1.75. The molecule has 0 fully saturated rings. The summed E-state index contributed by atoms with van der Waals surface area (Å²) in [5, 5.41) is 7.22. The molecule has 0 spiro atoms. The Kier molecular flexibility index (Phi) is 4.50. The van der Waals surface area contributed by atoms with Crippen molar-refractivity contribution in [2.24, 2.45) is 0 Å². The van der Waals surface area contributed by atoms with Gasteiger partial charge in [-0.3, -0.25) is 4.79 Å². The summed E-state index contributed by atoms with van der Waals surface area (Å²) in [5.74, 6) is 2.21. The van der Waals surface area contributed by atoms with Crippen LogP contribution in [0.4, 0.5) is 17.3 Å². The van der Waals surface area contributed by atoms with E-state index in [0.29, 0.717) is 5.82 Å². The summed E-state index contributed by atoms with van der Waals surface area (Å²) >= 11 is 0. The van der Waals surface area contributed by atoms with Crippen LogP contribution in [0.1, 0.15) is 23.7 Å². The standard InChI is InChI=1S/C21H23N5O2/c1-13-11-16(28-4)5-6-18(13)25-9-7-17-19(12-14(2)22-21(17)25)26-10-8-20(24-26)23-15(3)27/h5-6,8,10-12H,7,9H2,1-4H3,(H,23,24,27). The Hall–Kier alpha value is -3.35. The van der Waals surface area contributed by atoms with Crippen LogP contribution in [0.5, 0.6) is 5.75 Å². The second-order valence-corrected chi connectivity index (χ2v) is 6.97. The quantitative estimate of drug-likeness (QED) is 0.753. The predicted molar refractivity (Wildman–Crippen MR) is 109 cm³/mol. The lowest BCUT2D eigenvalue weighted by atomic mass is 10.1. The number of aryl methyl sites for hydroxylation is 2. The first kappa shape index (κ1) is 18.0. The molecule has 7 nitrogen and oxygen atoms in total. The predicted octanol–water partition coefficient (Wildman–Crippen LogP) is 3.55.